The van der Waals surface area contributed by atoms with Crippen molar-refractivity contribution in [2.75, 3.05) is 5.32 Å². The summed E-state index contributed by atoms with van der Waals surface area (Å²) in [5.41, 5.74) is -0.415. The van der Waals surface area contributed by atoms with Crippen LogP contribution in [0.1, 0.15) is 42.9 Å². The van der Waals surface area contributed by atoms with Crippen molar-refractivity contribution in [3.05, 3.63) is 77.6 Å². The zero-order chi connectivity index (χ0) is 27.9. The van der Waals surface area contributed by atoms with Gasteiger partial charge in [-0.05, 0) is 49.7 Å². The molecule has 0 unspecified atom stereocenters. The highest BCUT2D eigenvalue weighted by atomic mass is 19.4. The smallest absolute Gasteiger partial charge is 0.453 e. The number of nitrogens with one attached hydrogen (secondary N) is 1. The van der Waals surface area contributed by atoms with Crippen molar-refractivity contribution in [3.63, 3.8) is 0 Å². The number of esters is 1. The molecule has 39 heavy (non-hydrogen) atoms. The predicted molar refractivity (Wildman–Crippen MR) is 127 cm³/mol. The Labute approximate surface area is 218 Å². The highest BCUT2D eigenvalue weighted by Crippen LogP contribution is 2.40. The number of aromatic nitrogens is 6. The van der Waals surface area contributed by atoms with Crippen molar-refractivity contribution in [2.45, 2.75) is 50.9 Å². The second kappa shape index (κ2) is 9.75. The largest absolute Gasteiger partial charge is 0.490 e. The fourth-order valence-corrected chi connectivity index (χ4v) is 4.49. The molecule has 0 amide bonds. The Balaban J connectivity index is 1.44. The van der Waals surface area contributed by atoms with Crippen LogP contribution >= 0.6 is 0 Å². The average Bonchev–Trinajstić information content (AvgIpc) is 3.44. The van der Waals surface area contributed by atoms with Crippen molar-refractivity contribution in [1.82, 2.24) is 29.5 Å². The number of hydrogen-bond donors (Lipinski definition) is 1. The van der Waals surface area contributed by atoms with Crippen LogP contribution in [0.5, 0.6) is 0 Å². The summed E-state index contributed by atoms with van der Waals surface area (Å²) in [5, 5.41) is 11.4. The molecule has 1 aliphatic rings. The minimum atomic E-state index is -5.15. The first-order valence-corrected chi connectivity index (χ1v) is 11.9. The molecule has 2 aromatic heterocycles. The van der Waals surface area contributed by atoms with E-state index < -0.39 is 35.3 Å². The van der Waals surface area contributed by atoms with Gasteiger partial charge in [-0.15, -0.1) is 5.10 Å². The van der Waals surface area contributed by atoms with E-state index in [-0.39, 0.29) is 31.0 Å². The summed E-state index contributed by atoms with van der Waals surface area (Å²) in [6, 6.07) is 9.78. The topological polar surface area (TPSA) is 99.8 Å². The molecule has 0 saturated carbocycles. The minimum absolute atomic E-state index is 0.0168. The Morgan fingerprint density at radius 1 is 1.13 bits per heavy atom. The van der Waals surface area contributed by atoms with Crippen LogP contribution in [0.2, 0.25) is 0 Å². The molecule has 0 radical (unpaired) electrons. The lowest BCUT2D eigenvalue weighted by Gasteiger charge is -2.31. The third-order valence-corrected chi connectivity index (χ3v) is 6.40. The molecule has 0 spiro atoms. The van der Waals surface area contributed by atoms with Crippen LogP contribution in [-0.4, -0.2) is 47.3 Å². The number of alkyl halides is 3. The number of ether oxygens (including phenoxy) is 1. The molecule has 4 aromatic rings. The van der Waals surface area contributed by atoms with E-state index in [2.05, 4.69) is 25.5 Å². The zero-order valence-corrected chi connectivity index (χ0v) is 20.7. The van der Waals surface area contributed by atoms with Gasteiger partial charge < -0.3 is 10.1 Å². The van der Waals surface area contributed by atoms with E-state index in [0.29, 0.717) is 22.9 Å². The molecule has 0 fully saturated rings. The number of aryl methyl sites for hydroxylation is 2. The Kier molecular flexibility index (Phi) is 6.56. The van der Waals surface area contributed by atoms with Crippen LogP contribution in [0.4, 0.5) is 33.6 Å². The van der Waals surface area contributed by atoms with E-state index in [1.54, 1.807) is 13.0 Å². The number of hydrogen-bond acceptors (Lipinski definition) is 7. The van der Waals surface area contributed by atoms with Gasteiger partial charge in [-0.25, -0.2) is 27.9 Å². The summed E-state index contributed by atoms with van der Waals surface area (Å²) >= 11 is 0. The molecule has 1 aliphatic heterocycles. The summed E-state index contributed by atoms with van der Waals surface area (Å²) in [4.78, 5) is 20.2. The summed E-state index contributed by atoms with van der Waals surface area (Å²) in [6.45, 7) is 3.18. The van der Waals surface area contributed by atoms with Gasteiger partial charge in [0, 0.05) is 31.0 Å². The van der Waals surface area contributed by atoms with Gasteiger partial charge in [0.2, 0.25) is 5.95 Å². The SMILES string of the molecule is Cc1ncn(-c2ccc(Nc3nc4n(n3)CC[C@@](C)(OC(=O)C(F)(F)F)C[C@@H]4c3ccc(F)cc3)cc2F)n1. The lowest BCUT2D eigenvalue weighted by molar-refractivity contribution is -0.214. The zero-order valence-electron chi connectivity index (χ0n) is 20.7. The maximum absolute atomic E-state index is 14.8. The molecule has 14 heteroatoms. The molecule has 0 bridgehead atoms. The first-order valence-electron chi connectivity index (χ1n) is 11.9. The monoisotopic (exact) mass is 547 g/mol. The molecule has 204 valence electrons. The third-order valence-electron chi connectivity index (χ3n) is 6.40. The lowest BCUT2D eigenvalue weighted by Crippen LogP contribution is -2.39. The summed E-state index contributed by atoms with van der Waals surface area (Å²) in [5.74, 6) is -3.06. The lowest BCUT2D eigenvalue weighted by atomic mass is 9.85. The number of carbonyl (C=O) groups is 1. The fourth-order valence-electron chi connectivity index (χ4n) is 4.49. The van der Waals surface area contributed by atoms with E-state index in [9.17, 15) is 26.7 Å². The first-order chi connectivity index (χ1) is 18.4. The highest BCUT2D eigenvalue weighted by Gasteiger charge is 2.47. The Hall–Kier alpha value is -4.36. The second-order valence-corrected chi connectivity index (χ2v) is 9.44. The Bertz CT molecular complexity index is 1520. The summed E-state index contributed by atoms with van der Waals surface area (Å²) in [7, 11) is 0. The number of fused-ring (bicyclic) bond motifs is 1. The van der Waals surface area contributed by atoms with Crippen molar-refractivity contribution < 1.29 is 31.5 Å². The van der Waals surface area contributed by atoms with Crippen molar-refractivity contribution in [2.24, 2.45) is 0 Å². The molecule has 1 N–H and O–H groups in total. The van der Waals surface area contributed by atoms with E-state index in [4.69, 9.17) is 4.74 Å². The summed E-state index contributed by atoms with van der Waals surface area (Å²) in [6.07, 6.45) is -3.80. The third kappa shape index (κ3) is 5.59. The van der Waals surface area contributed by atoms with Gasteiger partial charge in [0.25, 0.3) is 0 Å². The number of rotatable bonds is 5. The van der Waals surface area contributed by atoms with Gasteiger partial charge in [0.05, 0.1) is 0 Å². The predicted octanol–water partition coefficient (Wildman–Crippen LogP) is 4.98. The Morgan fingerprint density at radius 2 is 1.87 bits per heavy atom. The number of halogens is 5. The van der Waals surface area contributed by atoms with Gasteiger partial charge in [-0.3, -0.25) is 0 Å². The number of carbonyl (C=O) groups excluding carboxylic acids is 1. The van der Waals surface area contributed by atoms with E-state index in [1.807, 2.05) is 0 Å². The van der Waals surface area contributed by atoms with Crippen LogP contribution in [0, 0.1) is 18.6 Å². The van der Waals surface area contributed by atoms with Crippen LogP contribution in [-0.2, 0) is 16.1 Å². The molecule has 0 saturated heterocycles. The van der Waals surface area contributed by atoms with Gasteiger partial charge in [-0.2, -0.15) is 23.3 Å². The van der Waals surface area contributed by atoms with Crippen LogP contribution in [0.25, 0.3) is 5.69 Å². The van der Waals surface area contributed by atoms with Gasteiger partial charge >= 0.3 is 12.1 Å². The molecule has 9 nitrogen and oxygen atoms in total. The normalized spacial score (nSPS) is 19.3. The molecule has 2 aromatic carbocycles. The van der Waals surface area contributed by atoms with E-state index in [0.717, 1.165) is 0 Å². The maximum atomic E-state index is 14.8. The standard InChI is InChI=1S/C25H22F5N7O2/c1-14-31-13-37(34-14)20-8-7-17(11-19(20)27)32-23-33-21-18(15-3-5-16(26)6-4-15)12-24(2,9-10-36(21)35-23)39-22(38)25(28,29)30/h3-8,11,13,18H,9-10,12H2,1-2H3,(H,32,35)/t18-,24-/m1/s1. The van der Waals surface area contributed by atoms with E-state index >= 15 is 0 Å². The quantitative estimate of drug-likeness (QED) is 0.278. The average molecular weight is 547 g/mol. The maximum Gasteiger partial charge on any atom is 0.490 e. The van der Waals surface area contributed by atoms with Crippen LogP contribution in [0.15, 0.2) is 48.8 Å². The number of nitrogens with zero attached hydrogens (tertiary/aromatic N) is 6. The molecule has 5 rings (SSSR count). The minimum Gasteiger partial charge on any atom is -0.453 e. The van der Waals surface area contributed by atoms with Gasteiger partial charge in [-0.1, -0.05) is 12.1 Å². The molecular weight excluding hydrogens is 525 g/mol. The molecule has 3 heterocycles. The van der Waals surface area contributed by atoms with Crippen LogP contribution < -0.4 is 5.32 Å². The number of benzene rings is 2. The van der Waals surface area contributed by atoms with E-state index in [1.165, 1.54) is 59.0 Å². The van der Waals surface area contributed by atoms with Crippen molar-refractivity contribution in [3.8, 4) is 5.69 Å². The first kappa shape index (κ1) is 26.3. The number of anilines is 2. The highest BCUT2D eigenvalue weighted by molar-refractivity contribution is 5.76. The van der Waals surface area contributed by atoms with Gasteiger partial charge in [0.1, 0.15) is 35.1 Å². The summed E-state index contributed by atoms with van der Waals surface area (Å²) < 4.78 is 75.0. The molecule has 2 atom stereocenters. The fraction of sp³-hybridized carbons (Fsp3) is 0.320. The van der Waals surface area contributed by atoms with Gasteiger partial charge in [0.15, 0.2) is 5.82 Å². The molecule has 0 aliphatic carbocycles. The molecular formula is C25H22F5N7O2. The second-order valence-electron chi connectivity index (χ2n) is 9.44. The van der Waals surface area contributed by atoms with Crippen LogP contribution in [0.3, 0.4) is 0 Å². The Morgan fingerprint density at radius 3 is 2.51 bits per heavy atom. The van der Waals surface area contributed by atoms with Crippen molar-refractivity contribution >= 4 is 17.6 Å². The van der Waals surface area contributed by atoms with Crippen molar-refractivity contribution in [1.29, 1.82) is 0 Å².